The van der Waals surface area contributed by atoms with Crippen LogP contribution in [0.2, 0.25) is 0 Å². The summed E-state index contributed by atoms with van der Waals surface area (Å²) >= 11 is 3.47. The van der Waals surface area contributed by atoms with Gasteiger partial charge < -0.3 is 5.32 Å². The fourth-order valence-corrected chi connectivity index (χ4v) is 1.79. The van der Waals surface area contributed by atoms with Crippen LogP contribution in [-0.2, 0) is 0 Å². The standard InChI is InChI=1S/C9H18BrN/c1-2-9(5-6-10)11-7-8-3-4-8/h8-9,11H,2-7H2,1H3. The molecule has 1 fully saturated rings. The molecule has 2 heteroatoms. The van der Waals surface area contributed by atoms with Crippen molar-refractivity contribution in [1.82, 2.24) is 5.32 Å². The molecule has 1 atom stereocenters. The van der Waals surface area contributed by atoms with Crippen molar-refractivity contribution >= 4 is 15.9 Å². The molecule has 0 aromatic heterocycles. The van der Waals surface area contributed by atoms with Crippen molar-refractivity contribution < 1.29 is 0 Å². The molecule has 0 bridgehead atoms. The van der Waals surface area contributed by atoms with Crippen molar-refractivity contribution in [3.63, 3.8) is 0 Å². The lowest BCUT2D eigenvalue weighted by Crippen LogP contribution is -2.30. The summed E-state index contributed by atoms with van der Waals surface area (Å²) in [6, 6.07) is 0.745. The molecule has 1 saturated carbocycles. The number of rotatable bonds is 6. The third-order valence-electron chi connectivity index (χ3n) is 2.34. The van der Waals surface area contributed by atoms with Crippen molar-refractivity contribution in [2.45, 2.75) is 38.6 Å². The van der Waals surface area contributed by atoms with E-state index in [0.717, 1.165) is 17.3 Å². The highest BCUT2D eigenvalue weighted by molar-refractivity contribution is 9.09. The van der Waals surface area contributed by atoms with Gasteiger partial charge in [0, 0.05) is 11.4 Å². The maximum absolute atomic E-state index is 3.60. The highest BCUT2D eigenvalue weighted by atomic mass is 79.9. The third-order valence-corrected chi connectivity index (χ3v) is 2.80. The summed E-state index contributed by atoms with van der Waals surface area (Å²) in [5, 5.41) is 4.73. The van der Waals surface area contributed by atoms with E-state index in [-0.39, 0.29) is 0 Å². The van der Waals surface area contributed by atoms with Crippen LogP contribution < -0.4 is 5.32 Å². The van der Waals surface area contributed by atoms with Crippen LogP contribution in [0.1, 0.15) is 32.6 Å². The Hall–Kier alpha value is 0.440. The summed E-state index contributed by atoms with van der Waals surface area (Å²) in [6.07, 6.45) is 5.44. The summed E-state index contributed by atoms with van der Waals surface area (Å²) in [7, 11) is 0. The van der Waals surface area contributed by atoms with Crippen molar-refractivity contribution in [3.8, 4) is 0 Å². The first-order chi connectivity index (χ1) is 5.36. The Labute approximate surface area is 78.1 Å². The van der Waals surface area contributed by atoms with Crippen LogP contribution >= 0.6 is 15.9 Å². The van der Waals surface area contributed by atoms with Crippen LogP contribution in [0.3, 0.4) is 0 Å². The SMILES string of the molecule is CCC(CCBr)NCC1CC1. The van der Waals surface area contributed by atoms with Crippen LogP contribution in [0.5, 0.6) is 0 Å². The van der Waals surface area contributed by atoms with Crippen molar-refractivity contribution in [2.75, 3.05) is 11.9 Å². The number of alkyl halides is 1. The second kappa shape index (κ2) is 5.15. The zero-order valence-corrected chi connectivity index (χ0v) is 8.86. The summed E-state index contributed by atoms with van der Waals surface area (Å²) in [5.41, 5.74) is 0. The first kappa shape index (κ1) is 9.53. The minimum Gasteiger partial charge on any atom is -0.314 e. The molecule has 0 aromatic carbocycles. The predicted molar refractivity (Wildman–Crippen MR) is 53.2 cm³/mol. The molecule has 66 valence electrons. The van der Waals surface area contributed by atoms with Gasteiger partial charge in [-0.25, -0.2) is 0 Å². The van der Waals surface area contributed by atoms with E-state index >= 15 is 0 Å². The molecule has 1 nitrogen and oxygen atoms in total. The van der Waals surface area contributed by atoms with Gasteiger partial charge in [0.05, 0.1) is 0 Å². The van der Waals surface area contributed by atoms with Crippen LogP contribution in [0.4, 0.5) is 0 Å². The van der Waals surface area contributed by atoms with Gasteiger partial charge in [0.25, 0.3) is 0 Å². The van der Waals surface area contributed by atoms with Gasteiger partial charge in [-0.15, -0.1) is 0 Å². The van der Waals surface area contributed by atoms with Gasteiger partial charge in [-0.05, 0) is 38.1 Å². The van der Waals surface area contributed by atoms with Crippen LogP contribution in [0.15, 0.2) is 0 Å². The minimum atomic E-state index is 0.745. The van der Waals surface area contributed by atoms with Crippen molar-refractivity contribution in [3.05, 3.63) is 0 Å². The highest BCUT2D eigenvalue weighted by Gasteiger charge is 2.21. The lowest BCUT2D eigenvalue weighted by atomic mass is 10.2. The summed E-state index contributed by atoms with van der Waals surface area (Å²) < 4.78 is 0. The molecular formula is C9H18BrN. The first-order valence-electron chi connectivity index (χ1n) is 4.66. The topological polar surface area (TPSA) is 12.0 Å². The van der Waals surface area contributed by atoms with Crippen LogP contribution in [0, 0.1) is 5.92 Å². The second-order valence-electron chi connectivity index (χ2n) is 3.43. The average Bonchev–Trinajstić information content (AvgIpc) is 2.81. The van der Waals surface area contributed by atoms with E-state index in [9.17, 15) is 0 Å². The number of nitrogens with one attached hydrogen (secondary N) is 1. The van der Waals surface area contributed by atoms with Gasteiger partial charge in [0.1, 0.15) is 0 Å². The summed E-state index contributed by atoms with van der Waals surface area (Å²) in [4.78, 5) is 0. The molecule has 0 heterocycles. The average molecular weight is 220 g/mol. The number of hydrogen-bond acceptors (Lipinski definition) is 1. The maximum atomic E-state index is 3.60. The van der Waals surface area contributed by atoms with E-state index in [4.69, 9.17) is 0 Å². The van der Waals surface area contributed by atoms with Gasteiger partial charge in [-0.3, -0.25) is 0 Å². The molecule has 1 rings (SSSR count). The highest BCUT2D eigenvalue weighted by Crippen LogP contribution is 2.27. The Morgan fingerprint density at radius 3 is 2.73 bits per heavy atom. The monoisotopic (exact) mass is 219 g/mol. The zero-order chi connectivity index (χ0) is 8.10. The van der Waals surface area contributed by atoms with E-state index in [2.05, 4.69) is 28.2 Å². The predicted octanol–water partition coefficient (Wildman–Crippen LogP) is 2.55. The molecule has 1 aliphatic carbocycles. The Morgan fingerprint density at radius 1 is 1.55 bits per heavy atom. The molecule has 0 radical (unpaired) electrons. The number of hydrogen-bond donors (Lipinski definition) is 1. The molecule has 11 heavy (non-hydrogen) atoms. The Morgan fingerprint density at radius 2 is 2.27 bits per heavy atom. The quantitative estimate of drug-likeness (QED) is 0.678. The summed E-state index contributed by atoms with van der Waals surface area (Å²) in [5.74, 6) is 1.01. The lowest BCUT2D eigenvalue weighted by Gasteiger charge is -2.14. The Kier molecular flexibility index (Phi) is 4.46. The van der Waals surface area contributed by atoms with Crippen molar-refractivity contribution in [1.29, 1.82) is 0 Å². The van der Waals surface area contributed by atoms with Crippen LogP contribution in [-0.4, -0.2) is 17.9 Å². The zero-order valence-electron chi connectivity index (χ0n) is 7.28. The molecular weight excluding hydrogens is 202 g/mol. The van der Waals surface area contributed by atoms with E-state index in [1.165, 1.54) is 32.2 Å². The third kappa shape index (κ3) is 4.12. The molecule has 0 saturated heterocycles. The molecule has 0 amide bonds. The van der Waals surface area contributed by atoms with Gasteiger partial charge >= 0.3 is 0 Å². The molecule has 0 spiro atoms. The molecule has 1 aliphatic rings. The van der Waals surface area contributed by atoms with Crippen LogP contribution in [0.25, 0.3) is 0 Å². The van der Waals surface area contributed by atoms with Gasteiger partial charge in [0.2, 0.25) is 0 Å². The van der Waals surface area contributed by atoms with Gasteiger partial charge in [-0.2, -0.15) is 0 Å². The Bertz CT molecular complexity index is 102. The smallest absolute Gasteiger partial charge is 0.00725 e. The lowest BCUT2D eigenvalue weighted by molar-refractivity contribution is 0.476. The molecule has 0 aliphatic heterocycles. The van der Waals surface area contributed by atoms with E-state index in [0.29, 0.717) is 0 Å². The molecule has 0 aromatic rings. The maximum Gasteiger partial charge on any atom is 0.00725 e. The van der Waals surface area contributed by atoms with E-state index < -0.39 is 0 Å². The van der Waals surface area contributed by atoms with E-state index in [1.54, 1.807) is 0 Å². The van der Waals surface area contributed by atoms with Crippen molar-refractivity contribution in [2.24, 2.45) is 5.92 Å². The summed E-state index contributed by atoms with van der Waals surface area (Å²) in [6.45, 7) is 3.51. The minimum absolute atomic E-state index is 0.745. The van der Waals surface area contributed by atoms with Gasteiger partial charge in [0.15, 0.2) is 0 Å². The fourth-order valence-electron chi connectivity index (χ4n) is 1.24. The first-order valence-corrected chi connectivity index (χ1v) is 5.78. The van der Waals surface area contributed by atoms with Gasteiger partial charge in [-0.1, -0.05) is 22.9 Å². The van der Waals surface area contributed by atoms with E-state index in [1.807, 2.05) is 0 Å². The Balaban J connectivity index is 1.98. The number of halogens is 1. The molecule has 1 unspecified atom stereocenters. The second-order valence-corrected chi connectivity index (χ2v) is 4.23. The normalized spacial score (nSPS) is 20.2. The largest absolute Gasteiger partial charge is 0.314 e. The fraction of sp³-hybridized carbons (Fsp3) is 1.00. The molecule has 1 N–H and O–H groups in total.